The highest BCUT2D eigenvalue weighted by atomic mass is 32.1. The van der Waals surface area contributed by atoms with Crippen molar-refractivity contribution in [2.24, 2.45) is 11.8 Å². The summed E-state index contributed by atoms with van der Waals surface area (Å²) < 4.78 is 0. The summed E-state index contributed by atoms with van der Waals surface area (Å²) in [6.07, 6.45) is 2.96. The molecular weight excluding hydrogens is 350 g/mol. The highest BCUT2D eigenvalue weighted by molar-refractivity contribution is 7.15. The van der Waals surface area contributed by atoms with Gasteiger partial charge in [0.05, 0.1) is 12.6 Å². The van der Waals surface area contributed by atoms with E-state index in [1.54, 1.807) is 11.9 Å². The number of nitrogens with one attached hydrogen (secondary N) is 1. The van der Waals surface area contributed by atoms with Gasteiger partial charge in [-0.1, -0.05) is 32.1 Å². The number of anilines is 1. The van der Waals surface area contributed by atoms with E-state index in [-0.39, 0.29) is 24.4 Å². The van der Waals surface area contributed by atoms with E-state index in [1.165, 1.54) is 11.3 Å². The Labute approximate surface area is 160 Å². The molecule has 2 heterocycles. The molecule has 0 aliphatic carbocycles. The van der Waals surface area contributed by atoms with E-state index < -0.39 is 0 Å². The third-order valence-corrected chi connectivity index (χ3v) is 5.66. The molecule has 8 heteroatoms. The zero-order valence-electron chi connectivity index (χ0n) is 16.5. The molecule has 0 bridgehead atoms. The topological polar surface area (TPSA) is 78.4 Å². The fourth-order valence-corrected chi connectivity index (χ4v) is 3.91. The summed E-state index contributed by atoms with van der Waals surface area (Å²) in [6.45, 7) is 10.1. The van der Waals surface area contributed by atoms with Crippen molar-refractivity contribution in [3.05, 3.63) is 5.01 Å². The van der Waals surface area contributed by atoms with Gasteiger partial charge in [-0.25, -0.2) is 0 Å². The number of carbonyl (C=O) groups is 2. The number of likely N-dealkylation sites (N-methyl/N-ethyl adjacent to an activating group) is 1. The van der Waals surface area contributed by atoms with Crippen molar-refractivity contribution in [2.45, 2.75) is 53.0 Å². The highest BCUT2D eigenvalue weighted by Gasteiger charge is 2.27. The largest absolute Gasteiger partial charge is 0.341 e. The molecule has 1 N–H and O–H groups in total. The predicted octanol–water partition coefficient (Wildman–Crippen LogP) is 2.25. The molecule has 146 valence electrons. The van der Waals surface area contributed by atoms with E-state index in [9.17, 15) is 9.59 Å². The fraction of sp³-hybridized carbons (Fsp3) is 0.778. The van der Waals surface area contributed by atoms with Gasteiger partial charge < -0.3 is 4.90 Å². The van der Waals surface area contributed by atoms with Crippen LogP contribution in [-0.2, 0) is 16.0 Å². The summed E-state index contributed by atoms with van der Waals surface area (Å²) in [5.41, 5.74) is 0. The molecule has 1 fully saturated rings. The lowest BCUT2D eigenvalue weighted by atomic mass is 9.99. The van der Waals surface area contributed by atoms with Crippen LogP contribution in [0.2, 0.25) is 0 Å². The Morgan fingerprint density at radius 3 is 2.54 bits per heavy atom. The lowest BCUT2D eigenvalue weighted by Gasteiger charge is -2.34. The average Bonchev–Trinajstić information content (AvgIpc) is 2.99. The maximum Gasteiger partial charge on any atom is 0.240 e. The van der Waals surface area contributed by atoms with E-state index in [4.69, 9.17) is 0 Å². The second-order valence-corrected chi connectivity index (χ2v) is 8.81. The standard InChI is InChI=1S/C18H31N5O2S/c1-12(2)10-16-20-21-18(26-16)19-15(24)11-22(5)14(4)17(25)23-8-6-13(3)7-9-23/h12-14H,6-11H2,1-5H3,(H,19,21,24). The Morgan fingerprint density at radius 2 is 1.92 bits per heavy atom. The van der Waals surface area contributed by atoms with E-state index >= 15 is 0 Å². The van der Waals surface area contributed by atoms with Crippen LogP contribution in [0.1, 0.15) is 45.5 Å². The van der Waals surface area contributed by atoms with Gasteiger partial charge in [-0.2, -0.15) is 0 Å². The minimum absolute atomic E-state index is 0.0994. The summed E-state index contributed by atoms with van der Waals surface area (Å²) >= 11 is 1.41. The first-order valence-corrected chi connectivity index (χ1v) is 10.2. The predicted molar refractivity (Wildman–Crippen MR) is 104 cm³/mol. The number of aromatic nitrogens is 2. The van der Waals surface area contributed by atoms with Gasteiger partial charge in [-0.05, 0) is 38.6 Å². The summed E-state index contributed by atoms with van der Waals surface area (Å²) in [5.74, 6) is 1.11. The Balaban J connectivity index is 1.81. The summed E-state index contributed by atoms with van der Waals surface area (Å²) in [7, 11) is 1.80. The number of hydrogen-bond donors (Lipinski definition) is 1. The zero-order chi connectivity index (χ0) is 19.3. The van der Waals surface area contributed by atoms with Crippen LogP contribution in [0, 0.1) is 11.8 Å². The molecule has 0 radical (unpaired) electrons. The highest BCUT2D eigenvalue weighted by Crippen LogP contribution is 2.19. The molecule has 0 aromatic carbocycles. The van der Waals surface area contributed by atoms with Crippen LogP contribution in [0.15, 0.2) is 0 Å². The van der Waals surface area contributed by atoms with Gasteiger partial charge in [0.25, 0.3) is 0 Å². The van der Waals surface area contributed by atoms with E-state index in [2.05, 4.69) is 36.3 Å². The number of amides is 2. The molecule has 7 nitrogen and oxygen atoms in total. The number of piperidine rings is 1. The quantitative estimate of drug-likeness (QED) is 0.784. The number of carbonyl (C=O) groups excluding carboxylic acids is 2. The third-order valence-electron chi connectivity index (χ3n) is 4.80. The molecule has 1 saturated heterocycles. The molecule has 26 heavy (non-hydrogen) atoms. The minimum atomic E-state index is -0.319. The molecule has 1 aliphatic rings. The van der Waals surface area contributed by atoms with Gasteiger partial charge in [0.2, 0.25) is 16.9 Å². The maximum atomic E-state index is 12.6. The fourth-order valence-electron chi connectivity index (χ4n) is 2.94. The molecule has 1 aromatic heterocycles. The van der Waals surface area contributed by atoms with Crippen LogP contribution < -0.4 is 5.32 Å². The second-order valence-electron chi connectivity index (χ2n) is 7.75. The van der Waals surface area contributed by atoms with Crippen molar-refractivity contribution in [3.63, 3.8) is 0 Å². The number of hydrogen-bond acceptors (Lipinski definition) is 6. The first-order valence-electron chi connectivity index (χ1n) is 9.37. The normalized spacial score (nSPS) is 17.0. The van der Waals surface area contributed by atoms with Crippen LogP contribution in [0.25, 0.3) is 0 Å². The Hall–Kier alpha value is -1.54. The molecule has 1 atom stereocenters. The van der Waals surface area contributed by atoms with Gasteiger partial charge in [-0.3, -0.25) is 19.8 Å². The average molecular weight is 382 g/mol. The van der Waals surface area contributed by atoms with E-state index in [0.717, 1.165) is 37.4 Å². The molecule has 0 spiro atoms. The van der Waals surface area contributed by atoms with Crippen LogP contribution in [-0.4, -0.2) is 64.5 Å². The molecule has 2 amide bonds. The lowest BCUT2D eigenvalue weighted by Crippen LogP contribution is -2.49. The third kappa shape index (κ3) is 6.02. The van der Waals surface area contributed by atoms with E-state index in [1.807, 2.05) is 11.8 Å². The Morgan fingerprint density at radius 1 is 1.27 bits per heavy atom. The van der Waals surface area contributed by atoms with E-state index in [0.29, 0.717) is 17.0 Å². The van der Waals surface area contributed by atoms with Crippen molar-refractivity contribution in [3.8, 4) is 0 Å². The van der Waals surface area contributed by atoms with Crippen molar-refractivity contribution in [2.75, 3.05) is 32.0 Å². The molecule has 1 unspecified atom stereocenters. The number of nitrogens with zero attached hydrogens (tertiary/aromatic N) is 4. The van der Waals surface area contributed by atoms with Crippen LogP contribution in [0.3, 0.4) is 0 Å². The maximum absolute atomic E-state index is 12.6. The van der Waals surface area contributed by atoms with Crippen molar-refractivity contribution in [1.82, 2.24) is 20.0 Å². The van der Waals surface area contributed by atoms with Gasteiger partial charge >= 0.3 is 0 Å². The van der Waals surface area contributed by atoms with Crippen LogP contribution in [0.4, 0.5) is 5.13 Å². The molecular formula is C18H31N5O2S. The lowest BCUT2D eigenvalue weighted by molar-refractivity contribution is -0.137. The minimum Gasteiger partial charge on any atom is -0.341 e. The smallest absolute Gasteiger partial charge is 0.240 e. The molecule has 1 aliphatic heterocycles. The van der Waals surface area contributed by atoms with Gasteiger partial charge in [-0.15, -0.1) is 10.2 Å². The molecule has 1 aromatic rings. The van der Waals surface area contributed by atoms with Crippen LogP contribution >= 0.6 is 11.3 Å². The first-order chi connectivity index (χ1) is 12.3. The van der Waals surface area contributed by atoms with Gasteiger partial charge in [0.1, 0.15) is 5.01 Å². The summed E-state index contributed by atoms with van der Waals surface area (Å²) in [6, 6.07) is -0.319. The SMILES string of the molecule is CC(C)Cc1nnc(NC(=O)CN(C)C(C)C(=O)N2CCC(C)CC2)s1. The van der Waals surface area contributed by atoms with Gasteiger partial charge in [0, 0.05) is 19.5 Å². The van der Waals surface area contributed by atoms with Crippen molar-refractivity contribution < 1.29 is 9.59 Å². The second kappa shape index (κ2) is 9.41. The Kier molecular flexibility index (Phi) is 7.52. The summed E-state index contributed by atoms with van der Waals surface area (Å²) in [5, 5.41) is 12.3. The van der Waals surface area contributed by atoms with Crippen molar-refractivity contribution in [1.29, 1.82) is 0 Å². The van der Waals surface area contributed by atoms with Gasteiger partial charge in [0.15, 0.2) is 0 Å². The van der Waals surface area contributed by atoms with Crippen LogP contribution in [0.5, 0.6) is 0 Å². The first kappa shape index (κ1) is 20.8. The number of rotatable bonds is 7. The van der Waals surface area contributed by atoms with Crippen molar-refractivity contribution >= 4 is 28.3 Å². The Bertz CT molecular complexity index is 610. The molecule has 0 saturated carbocycles. The monoisotopic (exact) mass is 381 g/mol. The number of likely N-dealkylation sites (tertiary alicyclic amines) is 1. The zero-order valence-corrected chi connectivity index (χ0v) is 17.3. The molecule has 2 rings (SSSR count). The summed E-state index contributed by atoms with van der Waals surface area (Å²) in [4.78, 5) is 28.6.